The number of guanidine groups is 1. The van der Waals surface area contributed by atoms with Gasteiger partial charge in [0, 0.05) is 6.04 Å². The van der Waals surface area contributed by atoms with Gasteiger partial charge in [-0.05, 0) is 30.5 Å². The van der Waals surface area contributed by atoms with Crippen LogP contribution in [0.1, 0.15) is 24.4 Å². The van der Waals surface area contributed by atoms with Crippen molar-refractivity contribution in [3.63, 3.8) is 0 Å². The van der Waals surface area contributed by atoms with Gasteiger partial charge in [0.25, 0.3) is 0 Å². The van der Waals surface area contributed by atoms with Crippen molar-refractivity contribution in [2.75, 3.05) is 6.54 Å². The number of hydrogen-bond donors (Lipinski definition) is 1. The summed E-state index contributed by atoms with van der Waals surface area (Å²) < 4.78 is 40.7. The first kappa shape index (κ1) is 13.1. The molecule has 1 atom stereocenters. The number of rotatable bonds is 3. The van der Waals surface area contributed by atoms with E-state index in [4.69, 9.17) is 5.73 Å². The van der Waals surface area contributed by atoms with E-state index in [0.29, 0.717) is 18.5 Å². The molecular weight excluding hydrogens is 271 g/mol. The van der Waals surface area contributed by atoms with E-state index in [2.05, 4.69) is 9.73 Å². The first-order valence-electron chi connectivity index (χ1n) is 6.38. The van der Waals surface area contributed by atoms with Gasteiger partial charge >= 0.3 is 6.36 Å². The van der Waals surface area contributed by atoms with Crippen LogP contribution in [0.15, 0.2) is 29.3 Å². The third-order valence-corrected chi connectivity index (χ3v) is 3.44. The molecule has 108 valence electrons. The van der Waals surface area contributed by atoms with Crippen LogP contribution < -0.4 is 10.5 Å². The van der Waals surface area contributed by atoms with Crippen LogP contribution >= 0.6 is 0 Å². The Morgan fingerprint density at radius 3 is 2.70 bits per heavy atom. The van der Waals surface area contributed by atoms with E-state index in [1.54, 1.807) is 12.1 Å². The fourth-order valence-electron chi connectivity index (χ4n) is 2.49. The third kappa shape index (κ3) is 2.66. The SMILES string of the molecule is NC1=NCC(c2cccc(OC(F)(F)F)c2)N1C1CC1. The minimum absolute atomic E-state index is 0.0979. The maximum absolute atomic E-state index is 12.3. The summed E-state index contributed by atoms with van der Waals surface area (Å²) in [5.74, 6) is 0.260. The first-order chi connectivity index (χ1) is 9.44. The van der Waals surface area contributed by atoms with Crippen molar-refractivity contribution in [2.45, 2.75) is 31.3 Å². The lowest BCUT2D eigenvalue weighted by atomic mass is 10.1. The Hall–Kier alpha value is -1.92. The molecule has 0 amide bonds. The molecule has 1 heterocycles. The molecule has 0 aromatic heterocycles. The van der Waals surface area contributed by atoms with Crippen LogP contribution in [0.2, 0.25) is 0 Å². The summed E-state index contributed by atoms with van der Waals surface area (Å²) >= 11 is 0. The lowest BCUT2D eigenvalue weighted by Crippen LogP contribution is -2.37. The fourth-order valence-corrected chi connectivity index (χ4v) is 2.49. The van der Waals surface area contributed by atoms with Gasteiger partial charge in [-0.3, -0.25) is 4.99 Å². The maximum Gasteiger partial charge on any atom is 0.573 e. The van der Waals surface area contributed by atoms with Crippen molar-refractivity contribution in [3.05, 3.63) is 29.8 Å². The minimum Gasteiger partial charge on any atom is -0.406 e. The van der Waals surface area contributed by atoms with Crippen molar-refractivity contribution in [1.29, 1.82) is 0 Å². The average Bonchev–Trinajstić information content (AvgIpc) is 3.11. The predicted octanol–water partition coefficient (Wildman–Crippen LogP) is 2.42. The summed E-state index contributed by atoms with van der Waals surface area (Å²) in [6.07, 6.45) is -2.59. The molecule has 1 fully saturated rings. The van der Waals surface area contributed by atoms with Crippen LogP contribution in [-0.4, -0.2) is 29.8 Å². The van der Waals surface area contributed by atoms with Crippen LogP contribution in [0, 0.1) is 0 Å². The Morgan fingerprint density at radius 2 is 2.05 bits per heavy atom. The molecule has 3 rings (SSSR count). The van der Waals surface area contributed by atoms with Crippen molar-refractivity contribution in [2.24, 2.45) is 10.7 Å². The number of aliphatic imine (C=N–C) groups is 1. The van der Waals surface area contributed by atoms with E-state index < -0.39 is 6.36 Å². The first-order valence-corrected chi connectivity index (χ1v) is 6.38. The molecule has 0 saturated heterocycles. The van der Waals surface area contributed by atoms with E-state index in [0.717, 1.165) is 18.4 Å². The highest BCUT2D eigenvalue weighted by Gasteiger charge is 2.39. The van der Waals surface area contributed by atoms with Crippen LogP contribution in [0.3, 0.4) is 0 Å². The van der Waals surface area contributed by atoms with Crippen molar-refractivity contribution in [1.82, 2.24) is 4.90 Å². The molecule has 0 bridgehead atoms. The highest BCUT2D eigenvalue weighted by molar-refractivity contribution is 5.81. The molecular formula is C13H14F3N3O. The summed E-state index contributed by atoms with van der Waals surface area (Å²) in [6, 6.07) is 6.28. The highest BCUT2D eigenvalue weighted by atomic mass is 19.4. The Bertz CT molecular complexity index is 540. The molecule has 2 aliphatic rings. The zero-order chi connectivity index (χ0) is 14.3. The Morgan fingerprint density at radius 1 is 1.30 bits per heavy atom. The average molecular weight is 285 g/mol. The fraction of sp³-hybridized carbons (Fsp3) is 0.462. The molecule has 1 saturated carbocycles. The molecule has 1 unspecified atom stereocenters. The monoisotopic (exact) mass is 285 g/mol. The second-order valence-electron chi connectivity index (χ2n) is 4.97. The minimum atomic E-state index is -4.68. The van der Waals surface area contributed by atoms with Gasteiger partial charge in [0.2, 0.25) is 0 Å². The number of nitrogens with two attached hydrogens (primary N) is 1. The number of halogens is 3. The third-order valence-electron chi connectivity index (χ3n) is 3.44. The molecule has 0 spiro atoms. The second kappa shape index (κ2) is 4.57. The van der Waals surface area contributed by atoms with E-state index in [-0.39, 0.29) is 11.8 Å². The number of alkyl halides is 3. The molecule has 20 heavy (non-hydrogen) atoms. The van der Waals surface area contributed by atoms with Gasteiger partial charge in [-0.25, -0.2) is 0 Å². The van der Waals surface area contributed by atoms with E-state index in [9.17, 15) is 13.2 Å². The largest absolute Gasteiger partial charge is 0.573 e. The van der Waals surface area contributed by atoms with E-state index in [1.165, 1.54) is 12.1 Å². The Labute approximate surface area is 114 Å². The van der Waals surface area contributed by atoms with Gasteiger partial charge < -0.3 is 15.4 Å². The zero-order valence-corrected chi connectivity index (χ0v) is 10.6. The number of nitrogens with zero attached hydrogens (tertiary/aromatic N) is 2. The summed E-state index contributed by atoms with van der Waals surface area (Å²) in [5.41, 5.74) is 6.59. The van der Waals surface area contributed by atoms with E-state index in [1.807, 2.05) is 4.90 Å². The van der Waals surface area contributed by atoms with Gasteiger partial charge in [0.1, 0.15) is 5.75 Å². The molecule has 1 aromatic carbocycles. The predicted molar refractivity (Wildman–Crippen MR) is 67.2 cm³/mol. The lowest BCUT2D eigenvalue weighted by molar-refractivity contribution is -0.274. The van der Waals surface area contributed by atoms with Crippen LogP contribution in [0.5, 0.6) is 5.75 Å². The summed E-state index contributed by atoms with van der Waals surface area (Å²) in [6.45, 7) is 0.470. The molecule has 7 heteroatoms. The number of ether oxygens (including phenoxy) is 1. The van der Waals surface area contributed by atoms with Crippen LogP contribution in [0.4, 0.5) is 13.2 Å². The van der Waals surface area contributed by atoms with Crippen LogP contribution in [-0.2, 0) is 0 Å². The second-order valence-corrected chi connectivity index (χ2v) is 4.97. The van der Waals surface area contributed by atoms with Gasteiger partial charge in [-0.15, -0.1) is 13.2 Å². The van der Waals surface area contributed by atoms with Crippen molar-refractivity contribution >= 4 is 5.96 Å². The van der Waals surface area contributed by atoms with Gasteiger partial charge in [-0.1, -0.05) is 12.1 Å². The smallest absolute Gasteiger partial charge is 0.406 e. The van der Waals surface area contributed by atoms with Gasteiger partial charge in [0.05, 0.1) is 12.6 Å². The Kier molecular flexibility index (Phi) is 2.99. The molecule has 1 aromatic rings. The molecule has 2 N–H and O–H groups in total. The normalized spacial score (nSPS) is 22.9. The van der Waals surface area contributed by atoms with Gasteiger partial charge in [-0.2, -0.15) is 0 Å². The molecule has 0 radical (unpaired) electrons. The molecule has 1 aliphatic carbocycles. The van der Waals surface area contributed by atoms with Gasteiger partial charge in [0.15, 0.2) is 5.96 Å². The highest BCUT2D eigenvalue weighted by Crippen LogP contribution is 2.38. The quantitative estimate of drug-likeness (QED) is 0.928. The van der Waals surface area contributed by atoms with Crippen molar-refractivity contribution < 1.29 is 17.9 Å². The number of benzene rings is 1. The van der Waals surface area contributed by atoms with E-state index >= 15 is 0 Å². The summed E-state index contributed by atoms with van der Waals surface area (Å²) in [4.78, 5) is 6.19. The standard InChI is InChI=1S/C13H14F3N3O/c14-13(15,16)20-10-3-1-2-8(6-10)11-7-18-12(17)19(11)9-4-5-9/h1-3,6,9,11H,4-5,7H2,(H2,17,18). The van der Waals surface area contributed by atoms with Crippen molar-refractivity contribution in [3.8, 4) is 5.75 Å². The topological polar surface area (TPSA) is 50.9 Å². The zero-order valence-electron chi connectivity index (χ0n) is 10.6. The molecule has 4 nitrogen and oxygen atoms in total. The number of hydrogen-bond acceptors (Lipinski definition) is 4. The van der Waals surface area contributed by atoms with Crippen LogP contribution in [0.25, 0.3) is 0 Å². The summed E-state index contributed by atoms with van der Waals surface area (Å²) in [7, 11) is 0. The summed E-state index contributed by atoms with van der Waals surface area (Å²) in [5, 5.41) is 0. The lowest BCUT2D eigenvalue weighted by Gasteiger charge is -2.26. The Balaban J connectivity index is 1.82. The molecule has 1 aliphatic heterocycles. The maximum atomic E-state index is 12.3.